The van der Waals surface area contributed by atoms with E-state index in [-0.39, 0.29) is 40.2 Å². The van der Waals surface area contributed by atoms with Crippen LogP contribution in [0.2, 0.25) is 0 Å². The largest absolute Gasteiger partial charge is 0.466 e. The summed E-state index contributed by atoms with van der Waals surface area (Å²) >= 11 is 0. The summed E-state index contributed by atoms with van der Waals surface area (Å²) in [5.41, 5.74) is -2.04. The summed E-state index contributed by atoms with van der Waals surface area (Å²) in [6.07, 6.45) is -2.33. The lowest BCUT2D eigenvalue weighted by Crippen LogP contribution is -2.44. The number of amides is 1. The number of benzene rings is 2. The monoisotopic (exact) mass is 551 g/mol. The van der Waals surface area contributed by atoms with Crippen LogP contribution in [0.3, 0.4) is 0 Å². The summed E-state index contributed by atoms with van der Waals surface area (Å²) in [5, 5.41) is -0.0956. The number of esters is 1. The maximum absolute atomic E-state index is 13.2. The van der Waals surface area contributed by atoms with Crippen molar-refractivity contribution in [1.29, 1.82) is 0 Å². The highest BCUT2D eigenvalue weighted by Gasteiger charge is 2.32. The molecule has 38 heavy (non-hydrogen) atoms. The molecule has 0 unspecified atom stereocenters. The Labute approximate surface area is 215 Å². The average Bonchev–Trinajstić information content (AvgIpc) is 2.88. The number of pyridine rings is 1. The van der Waals surface area contributed by atoms with Gasteiger partial charge in [-0.2, -0.15) is 13.2 Å². The summed E-state index contributed by atoms with van der Waals surface area (Å²) < 4.78 is 72.0. The third-order valence-electron chi connectivity index (χ3n) is 6.16. The van der Waals surface area contributed by atoms with Gasteiger partial charge in [0.15, 0.2) is 0 Å². The van der Waals surface area contributed by atoms with Crippen LogP contribution < -0.4 is 10.2 Å². The predicted molar refractivity (Wildman–Crippen MR) is 132 cm³/mol. The van der Waals surface area contributed by atoms with Gasteiger partial charge in [0.05, 0.1) is 23.0 Å². The van der Waals surface area contributed by atoms with Gasteiger partial charge in [0, 0.05) is 35.9 Å². The molecule has 2 aromatic carbocycles. The van der Waals surface area contributed by atoms with Gasteiger partial charge in [0.1, 0.15) is 5.56 Å². The van der Waals surface area contributed by atoms with E-state index in [4.69, 9.17) is 4.74 Å². The molecule has 3 aromatic rings. The number of alkyl halides is 3. The number of H-pyrrole nitrogens is 1. The van der Waals surface area contributed by atoms with Crippen LogP contribution in [-0.4, -0.2) is 49.9 Å². The number of nitrogens with one attached hydrogen (secondary N) is 2. The number of likely N-dealkylation sites (tertiary alicyclic amines) is 1. The molecule has 1 fully saturated rings. The van der Waals surface area contributed by atoms with Gasteiger partial charge in [-0.25, -0.2) is 8.42 Å². The van der Waals surface area contributed by atoms with Gasteiger partial charge in [0.2, 0.25) is 5.43 Å². The third-order valence-corrected chi connectivity index (χ3v) is 7.54. The van der Waals surface area contributed by atoms with Gasteiger partial charge in [-0.15, -0.1) is 0 Å². The molecule has 1 aliphatic heterocycles. The van der Waals surface area contributed by atoms with Crippen LogP contribution in [0.4, 0.5) is 18.9 Å². The standard InChI is InChI=1S/C25H24F3N3O6S/c1-2-37-24(34)15-5-4-10-31(14-15)23(33)20-13-29-21-9-8-18(12-19(21)22(20)32)38(35,36)30-17-7-3-6-16(11-17)25(26,27)28/h3,6-9,11-13,15,30H,2,4-5,10,14H2,1H3,(H,29,32)/t15-/m1/s1. The minimum atomic E-state index is -4.66. The molecule has 1 aromatic heterocycles. The summed E-state index contributed by atoms with van der Waals surface area (Å²) in [6, 6.07) is 7.26. The molecule has 0 bridgehead atoms. The molecule has 1 amide bonds. The van der Waals surface area contributed by atoms with Gasteiger partial charge >= 0.3 is 12.1 Å². The Morgan fingerprint density at radius 3 is 2.66 bits per heavy atom. The highest BCUT2D eigenvalue weighted by atomic mass is 32.2. The van der Waals surface area contributed by atoms with Crippen molar-refractivity contribution in [2.24, 2.45) is 5.92 Å². The molecule has 13 heteroatoms. The quantitative estimate of drug-likeness (QED) is 0.450. The second kappa shape index (κ2) is 10.5. The lowest BCUT2D eigenvalue weighted by atomic mass is 9.97. The number of aromatic amines is 1. The highest BCUT2D eigenvalue weighted by molar-refractivity contribution is 7.92. The van der Waals surface area contributed by atoms with E-state index >= 15 is 0 Å². The first-order chi connectivity index (χ1) is 17.9. The summed E-state index contributed by atoms with van der Waals surface area (Å²) in [5.74, 6) is -1.54. The number of anilines is 1. The molecule has 202 valence electrons. The van der Waals surface area contributed by atoms with Crippen LogP contribution in [0.5, 0.6) is 0 Å². The number of hydrogen-bond acceptors (Lipinski definition) is 6. The highest BCUT2D eigenvalue weighted by Crippen LogP contribution is 2.31. The van der Waals surface area contributed by atoms with E-state index in [0.717, 1.165) is 18.2 Å². The molecule has 0 radical (unpaired) electrons. The molecule has 1 aliphatic rings. The van der Waals surface area contributed by atoms with Crippen LogP contribution >= 0.6 is 0 Å². The zero-order chi connectivity index (χ0) is 27.7. The van der Waals surface area contributed by atoms with Crippen molar-refractivity contribution in [2.45, 2.75) is 30.8 Å². The van der Waals surface area contributed by atoms with E-state index in [1.54, 1.807) is 6.92 Å². The van der Waals surface area contributed by atoms with Crippen LogP contribution in [0, 0.1) is 5.92 Å². The van der Waals surface area contributed by atoms with E-state index < -0.39 is 45.0 Å². The lowest BCUT2D eigenvalue weighted by Gasteiger charge is -2.31. The minimum Gasteiger partial charge on any atom is -0.466 e. The topological polar surface area (TPSA) is 126 Å². The number of ether oxygens (including phenoxy) is 1. The van der Waals surface area contributed by atoms with Crippen molar-refractivity contribution in [3.05, 3.63) is 70.0 Å². The summed E-state index contributed by atoms with van der Waals surface area (Å²) in [6.45, 7) is 2.31. The molecule has 0 aliphatic carbocycles. The van der Waals surface area contributed by atoms with Crippen molar-refractivity contribution in [2.75, 3.05) is 24.4 Å². The fourth-order valence-electron chi connectivity index (χ4n) is 4.28. The first kappa shape index (κ1) is 27.2. The van der Waals surface area contributed by atoms with Gasteiger partial charge in [-0.05, 0) is 56.2 Å². The van der Waals surface area contributed by atoms with Crippen molar-refractivity contribution in [1.82, 2.24) is 9.88 Å². The Balaban J connectivity index is 1.63. The Morgan fingerprint density at radius 2 is 1.95 bits per heavy atom. The van der Waals surface area contributed by atoms with Gasteiger partial charge < -0.3 is 14.6 Å². The lowest BCUT2D eigenvalue weighted by molar-refractivity contribution is -0.149. The first-order valence-corrected chi connectivity index (χ1v) is 13.2. The maximum atomic E-state index is 13.2. The molecular weight excluding hydrogens is 527 g/mol. The van der Waals surface area contributed by atoms with Gasteiger partial charge in [0.25, 0.3) is 15.9 Å². The summed E-state index contributed by atoms with van der Waals surface area (Å²) in [7, 11) is -4.38. The molecule has 2 N–H and O–H groups in total. The van der Waals surface area contributed by atoms with Crippen molar-refractivity contribution >= 4 is 38.5 Å². The zero-order valence-corrected chi connectivity index (χ0v) is 21.0. The van der Waals surface area contributed by atoms with E-state index in [9.17, 15) is 36.0 Å². The number of halogens is 3. The van der Waals surface area contributed by atoms with E-state index in [0.29, 0.717) is 25.5 Å². The predicted octanol–water partition coefficient (Wildman–Crippen LogP) is 3.76. The average molecular weight is 552 g/mol. The van der Waals surface area contributed by atoms with Gasteiger partial charge in [-0.3, -0.25) is 19.1 Å². The molecule has 0 saturated carbocycles. The maximum Gasteiger partial charge on any atom is 0.416 e. The second-order valence-electron chi connectivity index (χ2n) is 8.77. The number of carbonyl (C=O) groups is 2. The number of rotatable bonds is 6. The van der Waals surface area contributed by atoms with E-state index in [1.165, 1.54) is 29.3 Å². The van der Waals surface area contributed by atoms with E-state index in [1.807, 2.05) is 0 Å². The Morgan fingerprint density at radius 1 is 1.18 bits per heavy atom. The zero-order valence-electron chi connectivity index (χ0n) is 20.2. The molecule has 1 saturated heterocycles. The fourth-order valence-corrected chi connectivity index (χ4v) is 5.36. The fraction of sp³-hybridized carbons (Fsp3) is 0.320. The summed E-state index contributed by atoms with van der Waals surface area (Å²) in [4.78, 5) is 42.3. The van der Waals surface area contributed by atoms with Crippen molar-refractivity contribution < 1.29 is 35.9 Å². The SMILES string of the molecule is CCOC(=O)[C@@H]1CCCN(C(=O)c2c[nH]c3ccc(S(=O)(=O)Nc4cccc(C(F)(F)F)c4)cc3c2=O)C1. The Kier molecular flexibility index (Phi) is 7.49. The molecule has 0 spiro atoms. The normalized spacial score (nSPS) is 16.3. The van der Waals surface area contributed by atoms with Crippen molar-refractivity contribution in [3.8, 4) is 0 Å². The smallest absolute Gasteiger partial charge is 0.416 e. The number of piperidine rings is 1. The Bertz CT molecular complexity index is 1550. The third kappa shape index (κ3) is 5.67. The first-order valence-electron chi connectivity index (χ1n) is 11.7. The molecule has 9 nitrogen and oxygen atoms in total. The van der Waals surface area contributed by atoms with Gasteiger partial charge in [-0.1, -0.05) is 6.07 Å². The van der Waals surface area contributed by atoms with Crippen LogP contribution in [-0.2, 0) is 25.7 Å². The number of fused-ring (bicyclic) bond motifs is 1. The molecule has 4 rings (SSSR count). The number of carbonyl (C=O) groups excluding carboxylic acids is 2. The van der Waals surface area contributed by atoms with Crippen LogP contribution in [0.1, 0.15) is 35.7 Å². The molecular formula is C25H24F3N3O6S. The number of hydrogen-bond donors (Lipinski definition) is 2. The van der Waals surface area contributed by atoms with Crippen molar-refractivity contribution in [3.63, 3.8) is 0 Å². The molecule has 1 atom stereocenters. The minimum absolute atomic E-state index is 0.0878. The number of sulfonamides is 1. The molecule has 2 heterocycles. The van der Waals surface area contributed by atoms with Crippen LogP contribution in [0.15, 0.2) is 58.4 Å². The number of nitrogens with zero attached hydrogens (tertiary/aromatic N) is 1. The Hall–Kier alpha value is -3.87. The van der Waals surface area contributed by atoms with E-state index in [2.05, 4.69) is 9.71 Å². The number of aromatic nitrogens is 1. The van der Waals surface area contributed by atoms with Crippen LogP contribution in [0.25, 0.3) is 10.9 Å². The second-order valence-corrected chi connectivity index (χ2v) is 10.4.